The van der Waals surface area contributed by atoms with Gasteiger partial charge in [0.05, 0.1) is 0 Å². The fourth-order valence-electron chi connectivity index (χ4n) is 1.72. The summed E-state index contributed by atoms with van der Waals surface area (Å²) in [4.78, 5) is 24.9. The first-order chi connectivity index (χ1) is 9.06. The number of hydrogen-bond acceptors (Lipinski definition) is 3. The first-order valence-corrected chi connectivity index (χ1v) is 6.32. The Morgan fingerprint density at radius 1 is 1.26 bits per heavy atom. The Morgan fingerprint density at radius 2 is 1.95 bits per heavy atom. The van der Waals surface area contributed by atoms with Crippen LogP contribution in [0.2, 0.25) is 0 Å². The summed E-state index contributed by atoms with van der Waals surface area (Å²) in [5, 5.41) is 2.76. The van der Waals surface area contributed by atoms with Gasteiger partial charge in [0.25, 0.3) is 5.91 Å². The minimum Gasteiger partial charge on any atom is -0.352 e. The molecule has 5 nitrogen and oxygen atoms in total. The van der Waals surface area contributed by atoms with Crippen LogP contribution in [0, 0.1) is 0 Å². The van der Waals surface area contributed by atoms with Crippen molar-refractivity contribution in [2.75, 3.05) is 27.2 Å². The maximum atomic E-state index is 12.0. The minimum atomic E-state index is -0.157. The summed E-state index contributed by atoms with van der Waals surface area (Å²) in [7, 11) is 3.39. The Hall–Kier alpha value is -1.88. The van der Waals surface area contributed by atoms with Gasteiger partial charge in [-0.05, 0) is 24.6 Å². The van der Waals surface area contributed by atoms with E-state index in [2.05, 4.69) is 5.32 Å². The molecular weight excluding hydrogens is 242 g/mol. The van der Waals surface area contributed by atoms with Gasteiger partial charge in [-0.1, -0.05) is 18.2 Å². The van der Waals surface area contributed by atoms with Crippen LogP contribution >= 0.6 is 0 Å². The summed E-state index contributed by atoms with van der Waals surface area (Å²) in [6.07, 6.45) is 0.970. The van der Waals surface area contributed by atoms with Gasteiger partial charge in [-0.15, -0.1) is 0 Å². The van der Waals surface area contributed by atoms with Gasteiger partial charge >= 0.3 is 0 Å². The lowest BCUT2D eigenvalue weighted by atomic mass is 10.0. The first-order valence-electron chi connectivity index (χ1n) is 6.32. The lowest BCUT2D eigenvalue weighted by molar-refractivity contribution is -0.128. The summed E-state index contributed by atoms with van der Waals surface area (Å²) >= 11 is 0. The Bertz CT molecular complexity index is 444. The Morgan fingerprint density at radius 3 is 2.58 bits per heavy atom. The van der Waals surface area contributed by atoms with E-state index in [1.807, 2.05) is 18.2 Å². The van der Waals surface area contributed by atoms with Gasteiger partial charge in [0.1, 0.15) is 0 Å². The summed E-state index contributed by atoms with van der Waals surface area (Å²) in [5.74, 6) is -0.161. The zero-order valence-electron chi connectivity index (χ0n) is 11.5. The largest absolute Gasteiger partial charge is 0.352 e. The first kappa shape index (κ1) is 15.2. The van der Waals surface area contributed by atoms with Crippen molar-refractivity contribution >= 4 is 11.8 Å². The van der Waals surface area contributed by atoms with Gasteiger partial charge in [-0.25, -0.2) is 0 Å². The summed E-state index contributed by atoms with van der Waals surface area (Å²) < 4.78 is 0. The summed E-state index contributed by atoms with van der Waals surface area (Å²) in [5.41, 5.74) is 7.08. The molecule has 0 radical (unpaired) electrons. The van der Waals surface area contributed by atoms with E-state index >= 15 is 0 Å². The normalized spacial score (nSPS) is 10.1. The quantitative estimate of drug-likeness (QED) is 0.780. The van der Waals surface area contributed by atoms with Crippen LogP contribution in [0.5, 0.6) is 0 Å². The molecule has 0 saturated carbocycles. The molecule has 5 heteroatoms. The van der Waals surface area contributed by atoms with Gasteiger partial charge in [0, 0.05) is 32.6 Å². The standard InChI is InChI=1S/C14H21N3O2/c1-17(2)13(18)8-10-16-14(19)12-6-4-3-5-11(12)7-9-15/h3-6H,7-10,15H2,1-2H3,(H,16,19). The second-order valence-corrected chi connectivity index (χ2v) is 4.49. The Kier molecular flexibility index (Phi) is 6.02. The van der Waals surface area contributed by atoms with Crippen LogP contribution in [0.15, 0.2) is 24.3 Å². The van der Waals surface area contributed by atoms with Crippen molar-refractivity contribution in [2.24, 2.45) is 5.73 Å². The number of amides is 2. The molecule has 0 aliphatic rings. The van der Waals surface area contributed by atoms with Crippen LogP contribution in [0.3, 0.4) is 0 Å². The third kappa shape index (κ3) is 4.71. The molecule has 0 spiro atoms. The minimum absolute atomic E-state index is 0.00413. The molecule has 3 N–H and O–H groups in total. The van der Waals surface area contributed by atoms with Crippen LogP contribution < -0.4 is 11.1 Å². The second kappa shape index (κ2) is 7.53. The second-order valence-electron chi connectivity index (χ2n) is 4.49. The van der Waals surface area contributed by atoms with Crippen LogP contribution in [-0.2, 0) is 11.2 Å². The lowest BCUT2D eigenvalue weighted by Gasteiger charge is -2.12. The molecule has 0 saturated heterocycles. The monoisotopic (exact) mass is 263 g/mol. The number of nitrogens with one attached hydrogen (secondary N) is 1. The predicted octanol–water partition coefficient (Wildman–Crippen LogP) is 0.396. The molecule has 0 atom stereocenters. The van der Waals surface area contributed by atoms with Gasteiger partial charge in [-0.2, -0.15) is 0 Å². The smallest absolute Gasteiger partial charge is 0.251 e. The lowest BCUT2D eigenvalue weighted by Crippen LogP contribution is -2.30. The molecule has 1 aromatic carbocycles. The van der Waals surface area contributed by atoms with E-state index in [9.17, 15) is 9.59 Å². The molecule has 0 fully saturated rings. The highest BCUT2D eigenvalue weighted by Gasteiger charge is 2.10. The highest BCUT2D eigenvalue weighted by atomic mass is 16.2. The van der Waals surface area contributed by atoms with E-state index < -0.39 is 0 Å². The van der Waals surface area contributed by atoms with Crippen molar-refractivity contribution in [3.63, 3.8) is 0 Å². The maximum Gasteiger partial charge on any atom is 0.251 e. The van der Waals surface area contributed by atoms with E-state index in [4.69, 9.17) is 5.73 Å². The Labute approximate surface area is 113 Å². The fraction of sp³-hybridized carbons (Fsp3) is 0.429. The van der Waals surface area contributed by atoms with Crippen LogP contribution in [0.25, 0.3) is 0 Å². The third-order valence-corrected chi connectivity index (χ3v) is 2.80. The molecule has 1 rings (SSSR count). The molecule has 2 amide bonds. The number of carbonyl (C=O) groups excluding carboxylic acids is 2. The molecule has 0 bridgehead atoms. The third-order valence-electron chi connectivity index (χ3n) is 2.80. The van der Waals surface area contributed by atoms with E-state index in [1.54, 1.807) is 20.2 Å². The van der Waals surface area contributed by atoms with Gasteiger partial charge in [-0.3, -0.25) is 9.59 Å². The number of nitrogens with zero attached hydrogens (tertiary/aromatic N) is 1. The Balaban J connectivity index is 2.56. The van der Waals surface area contributed by atoms with E-state index in [-0.39, 0.29) is 11.8 Å². The molecule has 0 aliphatic heterocycles. The summed E-state index contributed by atoms with van der Waals surface area (Å²) in [6.45, 7) is 0.843. The molecule has 0 unspecified atom stereocenters. The zero-order chi connectivity index (χ0) is 14.3. The summed E-state index contributed by atoms with van der Waals surface area (Å²) in [6, 6.07) is 7.37. The average Bonchev–Trinajstić information content (AvgIpc) is 2.39. The number of benzene rings is 1. The van der Waals surface area contributed by atoms with Gasteiger partial charge < -0.3 is 16.0 Å². The van der Waals surface area contributed by atoms with Crippen molar-refractivity contribution in [3.8, 4) is 0 Å². The van der Waals surface area contributed by atoms with E-state index in [1.165, 1.54) is 4.90 Å². The van der Waals surface area contributed by atoms with Crippen LogP contribution in [-0.4, -0.2) is 43.9 Å². The van der Waals surface area contributed by atoms with Crippen molar-refractivity contribution in [2.45, 2.75) is 12.8 Å². The fourth-order valence-corrected chi connectivity index (χ4v) is 1.72. The van der Waals surface area contributed by atoms with Gasteiger partial charge in [0.2, 0.25) is 5.91 Å². The molecule has 0 aliphatic carbocycles. The van der Waals surface area contributed by atoms with Gasteiger partial charge in [0.15, 0.2) is 0 Å². The highest BCUT2D eigenvalue weighted by molar-refractivity contribution is 5.95. The van der Waals surface area contributed by atoms with E-state index in [0.29, 0.717) is 31.5 Å². The SMILES string of the molecule is CN(C)C(=O)CCNC(=O)c1ccccc1CCN. The average molecular weight is 263 g/mol. The topological polar surface area (TPSA) is 75.4 Å². The van der Waals surface area contributed by atoms with Crippen LogP contribution in [0.1, 0.15) is 22.3 Å². The molecule has 0 heterocycles. The number of hydrogen-bond donors (Lipinski definition) is 2. The van der Waals surface area contributed by atoms with Crippen molar-refractivity contribution in [1.82, 2.24) is 10.2 Å². The van der Waals surface area contributed by atoms with Crippen molar-refractivity contribution in [1.29, 1.82) is 0 Å². The molecule has 0 aromatic heterocycles. The van der Waals surface area contributed by atoms with Crippen molar-refractivity contribution in [3.05, 3.63) is 35.4 Å². The number of nitrogens with two attached hydrogens (primary N) is 1. The molecule has 19 heavy (non-hydrogen) atoms. The van der Waals surface area contributed by atoms with Crippen molar-refractivity contribution < 1.29 is 9.59 Å². The number of rotatable bonds is 6. The van der Waals surface area contributed by atoms with E-state index in [0.717, 1.165) is 5.56 Å². The van der Waals surface area contributed by atoms with Crippen LogP contribution in [0.4, 0.5) is 0 Å². The maximum absolute atomic E-state index is 12.0. The predicted molar refractivity (Wildman–Crippen MR) is 74.8 cm³/mol. The molecule has 1 aromatic rings. The molecular formula is C14H21N3O2. The molecule has 104 valence electrons. The zero-order valence-corrected chi connectivity index (χ0v) is 11.5. The highest BCUT2D eigenvalue weighted by Crippen LogP contribution is 2.08. The number of carbonyl (C=O) groups is 2.